The number of aryl methyl sites for hydroxylation is 2. The van der Waals surface area contributed by atoms with E-state index in [2.05, 4.69) is 59.6 Å². The molecular weight excluding hydrogens is 424 g/mol. The van der Waals surface area contributed by atoms with E-state index in [1.807, 2.05) is 13.0 Å². The van der Waals surface area contributed by atoms with Gasteiger partial charge in [-0.3, -0.25) is 4.79 Å². The van der Waals surface area contributed by atoms with E-state index in [0.717, 1.165) is 74.5 Å². The number of nitrogens with one attached hydrogen (secondary N) is 1. The van der Waals surface area contributed by atoms with Crippen molar-refractivity contribution < 1.29 is 9.53 Å². The van der Waals surface area contributed by atoms with Crippen molar-refractivity contribution in [1.82, 2.24) is 15.3 Å². The second-order valence-electron chi connectivity index (χ2n) is 9.87. The Labute approximate surface area is 201 Å². The first-order chi connectivity index (χ1) is 16.5. The van der Waals surface area contributed by atoms with Crippen LogP contribution in [0.15, 0.2) is 48.5 Å². The van der Waals surface area contributed by atoms with Crippen LogP contribution in [-0.2, 0) is 14.9 Å². The number of anilines is 1. The number of piperidine rings is 1. The van der Waals surface area contributed by atoms with Gasteiger partial charge in [0.25, 0.3) is 0 Å². The van der Waals surface area contributed by atoms with Crippen LogP contribution in [0, 0.1) is 19.8 Å². The van der Waals surface area contributed by atoms with Gasteiger partial charge >= 0.3 is 0 Å². The molecule has 1 aromatic heterocycles. The summed E-state index contributed by atoms with van der Waals surface area (Å²) >= 11 is 0. The molecular formula is C28H34N4O2. The minimum Gasteiger partial charge on any atom is -0.381 e. The Bertz CT molecular complexity index is 1150. The molecule has 178 valence electrons. The van der Waals surface area contributed by atoms with Crippen LogP contribution in [0.3, 0.4) is 0 Å². The van der Waals surface area contributed by atoms with Crippen molar-refractivity contribution in [3.05, 3.63) is 65.4 Å². The third-order valence-electron chi connectivity index (χ3n) is 7.62. The molecule has 2 aliphatic heterocycles. The summed E-state index contributed by atoms with van der Waals surface area (Å²) in [5.41, 5.74) is 4.45. The first kappa shape index (κ1) is 22.8. The molecule has 3 heterocycles. The highest BCUT2D eigenvalue weighted by Crippen LogP contribution is 2.34. The number of nitrogens with zero attached hydrogens (tertiary/aromatic N) is 3. The lowest BCUT2D eigenvalue weighted by molar-refractivity contribution is -0.126. The van der Waals surface area contributed by atoms with Crippen molar-refractivity contribution >= 4 is 22.8 Å². The summed E-state index contributed by atoms with van der Waals surface area (Å²) in [6.07, 6.45) is 3.52. The van der Waals surface area contributed by atoms with Crippen LogP contribution < -0.4 is 10.2 Å². The fraction of sp³-hybridized carbons (Fsp3) is 0.464. The minimum atomic E-state index is -0.0372. The molecule has 6 nitrogen and oxygen atoms in total. The van der Waals surface area contributed by atoms with Crippen molar-refractivity contribution in [1.29, 1.82) is 0 Å². The monoisotopic (exact) mass is 458 g/mol. The van der Waals surface area contributed by atoms with Gasteiger partial charge < -0.3 is 15.0 Å². The third-order valence-corrected chi connectivity index (χ3v) is 7.62. The minimum absolute atomic E-state index is 0.0349. The number of rotatable bonds is 5. The lowest BCUT2D eigenvalue weighted by Crippen LogP contribution is -2.47. The molecule has 0 saturated carbocycles. The first-order valence-corrected chi connectivity index (χ1v) is 12.5. The van der Waals surface area contributed by atoms with E-state index in [-0.39, 0.29) is 17.2 Å². The van der Waals surface area contributed by atoms with Gasteiger partial charge in [0.2, 0.25) is 11.9 Å². The van der Waals surface area contributed by atoms with Gasteiger partial charge in [-0.1, -0.05) is 42.5 Å². The van der Waals surface area contributed by atoms with E-state index in [1.54, 1.807) is 0 Å². The zero-order chi connectivity index (χ0) is 23.5. The molecule has 0 aliphatic carbocycles. The van der Waals surface area contributed by atoms with Crippen LogP contribution in [-0.4, -0.2) is 48.7 Å². The van der Waals surface area contributed by atoms with Crippen LogP contribution in [0.5, 0.6) is 0 Å². The SMILES string of the molecule is Cc1ccc2c(C)nc(N3CCC(C(=O)NCC4(c5ccccc5)CCOCC4)CC3)nc2c1. The molecule has 2 saturated heterocycles. The fourth-order valence-electron chi connectivity index (χ4n) is 5.39. The number of hydrogen-bond donors (Lipinski definition) is 1. The largest absolute Gasteiger partial charge is 0.381 e. The Hall–Kier alpha value is -2.99. The summed E-state index contributed by atoms with van der Waals surface area (Å²) in [5.74, 6) is 0.986. The number of fused-ring (bicyclic) bond motifs is 1. The summed E-state index contributed by atoms with van der Waals surface area (Å²) in [6.45, 7) is 7.89. The Morgan fingerprint density at radius 2 is 1.79 bits per heavy atom. The molecule has 5 rings (SSSR count). The summed E-state index contributed by atoms with van der Waals surface area (Å²) in [5, 5.41) is 4.41. The molecule has 2 aliphatic rings. The Morgan fingerprint density at radius 3 is 2.53 bits per heavy atom. The second-order valence-corrected chi connectivity index (χ2v) is 9.87. The molecule has 0 spiro atoms. The Morgan fingerprint density at radius 1 is 1.06 bits per heavy atom. The standard InChI is InChI=1S/C28H34N4O2/c1-20-8-9-24-21(2)30-27(31-25(24)18-20)32-14-10-22(11-15-32)26(33)29-19-28(12-16-34-17-13-28)23-6-4-3-5-7-23/h3-9,18,22H,10-17,19H2,1-2H3,(H,29,33). The summed E-state index contributed by atoms with van der Waals surface area (Å²) in [4.78, 5) is 25.0. The number of hydrogen-bond acceptors (Lipinski definition) is 5. The number of aromatic nitrogens is 2. The van der Waals surface area contributed by atoms with Crippen LogP contribution in [0.2, 0.25) is 0 Å². The maximum Gasteiger partial charge on any atom is 0.226 e. The van der Waals surface area contributed by atoms with Crippen molar-refractivity contribution in [2.75, 3.05) is 37.7 Å². The maximum atomic E-state index is 13.1. The predicted molar refractivity (Wildman–Crippen MR) is 135 cm³/mol. The van der Waals surface area contributed by atoms with Gasteiger partial charge in [0.1, 0.15) is 0 Å². The molecule has 1 amide bonds. The molecule has 2 fully saturated rings. The summed E-state index contributed by atoms with van der Waals surface area (Å²) in [7, 11) is 0. The molecule has 34 heavy (non-hydrogen) atoms. The van der Waals surface area contributed by atoms with Crippen molar-refractivity contribution in [2.24, 2.45) is 5.92 Å². The van der Waals surface area contributed by atoms with Crippen molar-refractivity contribution in [2.45, 2.75) is 44.9 Å². The second kappa shape index (κ2) is 9.71. The van der Waals surface area contributed by atoms with Gasteiger partial charge in [-0.2, -0.15) is 0 Å². The van der Waals surface area contributed by atoms with Crippen LogP contribution in [0.4, 0.5) is 5.95 Å². The molecule has 0 bridgehead atoms. The zero-order valence-electron chi connectivity index (χ0n) is 20.2. The topological polar surface area (TPSA) is 67.4 Å². The molecule has 6 heteroatoms. The highest BCUT2D eigenvalue weighted by atomic mass is 16.5. The normalized spacial score (nSPS) is 18.7. The van der Waals surface area contributed by atoms with Gasteiger partial charge in [-0.15, -0.1) is 0 Å². The van der Waals surface area contributed by atoms with Gasteiger partial charge in [-0.25, -0.2) is 9.97 Å². The summed E-state index contributed by atoms with van der Waals surface area (Å²) in [6, 6.07) is 16.9. The average molecular weight is 459 g/mol. The van der Waals surface area contributed by atoms with E-state index in [9.17, 15) is 4.79 Å². The van der Waals surface area contributed by atoms with Crippen LogP contribution >= 0.6 is 0 Å². The van der Waals surface area contributed by atoms with Gasteiger partial charge in [0, 0.05) is 49.6 Å². The molecule has 0 atom stereocenters. The molecule has 3 aromatic rings. The highest BCUT2D eigenvalue weighted by Gasteiger charge is 2.36. The molecule has 1 N–H and O–H groups in total. The third kappa shape index (κ3) is 4.64. The molecule has 0 radical (unpaired) electrons. The van der Waals surface area contributed by atoms with E-state index >= 15 is 0 Å². The van der Waals surface area contributed by atoms with Gasteiger partial charge in [0.15, 0.2) is 0 Å². The zero-order valence-corrected chi connectivity index (χ0v) is 20.2. The maximum absolute atomic E-state index is 13.1. The van der Waals surface area contributed by atoms with Crippen molar-refractivity contribution in [3.8, 4) is 0 Å². The number of carbonyl (C=O) groups excluding carboxylic acids is 1. The quantitative estimate of drug-likeness (QED) is 0.617. The lowest BCUT2D eigenvalue weighted by atomic mass is 9.74. The first-order valence-electron chi connectivity index (χ1n) is 12.5. The number of carbonyl (C=O) groups is 1. The Kier molecular flexibility index (Phi) is 6.50. The van der Waals surface area contributed by atoms with E-state index < -0.39 is 0 Å². The van der Waals surface area contributed by atoms with E-state index in [0.29, 0.717) is 6.54 Å². The predicted octanol–water partition coefficient (Wildman–Crippen LogP) is 4.33. The van der Waals surface area contributed by atoms with Crippen LogP contribution in [0.25, 0.3) is 10.9 Å². The number of amides is 1. The molecule has 0 unspecified atom stereocenters. The van der Waals surface area contributed by atoms with E-state index in [4.69, 9.17) is 14.7 Å². The lowest BCUT2D eigenvalue weighted by Gasteiger charge is -2.38. The smallest absolute Gasteiger partial charge is 0.226 e. The van der Waals surface area contributed by atoms with Crippen LogP contribution in [0.1, 0.15) is 42.5 Å². The van der Waals surface area contributed by atoms with Crippen molar-refractivity contribution in [3.63, 3.8) is 0 Å². The number of benzene rings is 2. The fourth-order valence-corrected chi connectivity index (χ4v) is 5.39. The average Bonchev–Trinajstić information content (AvgIpc) is 2.88. The van der Waals surface area contributed by atoms with Gasteiger partial charge in [0.05, 0.1) is 11.2 Å². The molecule has 2 aromatic carbocycles. The number of ether oxygens (including phenoxy) is 1. The van der Waals surface area contributed by atoms with E-state index in [1.165, 1.54) is 11.1 Å². The van der Waals surface area contributed by atoms with Gasteiger partial charge in [-0.05, 0) is 56.7 Å². The highest BCUT2D eigenvalue weighted by molar-refractivity contribution is 5.82. The summed E-state index contributed by atoms with van der Waals surface area (Å²) < 4.78 is 5.63. The Balaban J connectivity index is 1.22.